The number of fused-ring (bicyclic) bond motifs is 1. The van der Waals surface area contributed by atoms with Crippen LogP contribution in [0.25, 0.3) is 44.8 Å². The molecule has 1 heterocycles. The minimum atomic E-state index is 0.211. The maximum atomic E-state index is 9.28. The molecule has 3 heteroatoms. The molecule has 6 aromatic rings. The van der Waals surface area contributed by atoms with Crippen molar-refractivity contribution in [2.45, 2.75) is 26.7 Å². The molecule has 2 atom stereocenters. The van der Waals surface area contributed by atoms with Gasteiger partial charge in [0.15, 0.2) is 0 Å². The zero-order valence-corrected chi connectivity index (χ0v) is 29.3. The largest absolute Gasteiger partial charge is 0.300 e. The smallest absolute Gasteiger partial charge is 0.0742 e. The predicted molar refractivity (Wildman–Crippen MR) is 217 cm³/mol. The van der Waals surface area contributed by atoms with Crippen molar-refractivity contribution in [3.8, 4) is 22.3 Å². The number of pyridine rings is 1. The van der Waals surface area contributed by atoms with Crippen LogP contribution >= 0.6 is 0 Å². The van der Waals surface area contributed by atoms with E-state index < -0.39 is 0 Å². The normalized spacial score (nSPS) is 16.2. The quantitative estimate of drug-likeness (QED) is 0.154. The first-order valence-electron chi connectivity index (χ1n) is 17.5. The zero-order chi connectivity index (χ0) is 35.3. The first-order valence-corrected chi connectivity index (χ1v) is 17.5. The van der Waals surface area contributed by atoms with Gasteiger partial charge < -0.3 is 5.41 Å². The Kier molecular flexibility index (Phi) is 9.63. The minimum absolute atomic E-state index is 0.211. The van der Waals surface area contributed by atoms with E-state index in [1.54, 1.807) is 6.20 Å². The van der Waals surface area contributed by atoms with Gasteiger partial charge >= 0.3 is 0 Å². The first-order chi connectivity index (χ1) is 24.9. The SMILES string of the molecule is C=Cc1c(C(=N)/C=C(\N=C(C)C2=CC(C)C(c3cc(-c4ccccc4)cc(-c4ccccc4)c3)C=C2)c2cccnc2)cc2ccccc2c1C. The third-order valence-electron chi connectivity index (χ3n) is 9.84. The number of aliphatic imine (C=N–C) groups is 1. The molecule has 0 fully saturated rings. The number of aromatic nitrogens is 1. The number of nitrogens with zero attached hydrogens (tertiary/aromatic N) is 2. The number of rotatable bonds is 9. The molecule has 0 spiro atoms. The lowest BCUT2D eigenvalue weighted by Crippen LogP contribution is -2.12. The Balaban J connectivity index is 1.23. The Morgan fingerprint density at radius 3 is 2.10 bits per heavy atom. The van der Waals surface area contributed by atoms with Crippen molar-refractivity contribution in [2.75, 3.05) is 0 Å². The van der Waals surface area contributed by atoms with E-state index in [2.05, 4.69) is 148 Å². The number of hydrogen-bond acceptors (Lipinski definition) is 3. The van der Waals surface area contributed by atoms with Gasteiger partial charge in [-0.1, -0.05) is 135 Å². The highest BCUT2D eigenvalue weighted by Crippen LogP contribution is 2.38. The second-order valence-electron chi connectivity index (χ2n) is 13.2. The molecule has 1 aliphatic carbocycles. The van der Waals surface area contributed by atoms with E-state index in [-0.39, 0.29) is 11.8 Å². The van der Waals surface area contributed by atoms with Crippen LogP contribution in [-0.4, -0.2) is 16.4 Å². The maximum Gasteiger partial charge on any atom is 0.0742 e. The molecule has 0 amide bonds. The molecule has 1 aromatic heterocycles. The summed E-state index contributed by atoms with van der Waals surface area (Å²) in [6.07, 6.45) is 14.1. The molecule has 248 valence electrons. The Bertz CT molecular complexity index is 2300. The van der Waals surface area contributed by atoms with Crippen molar-refractivity contribution in [3.63, 3.8) is 0 Å². The minimum Gasteiger partial charge on any atom is -0.300 e. The molecule has 1 N–H and O–H groups in total. The maximum absolute atomic E-state index is 9.28. The number of allylic oxidation sites excluding steroid dienone is 5. The Morgan fingerprint density at radius 1 is 0.804 bits per heavy atom. The van der Waals surface area contributed by atoms with Gasteiger partial charge in [-0.15, -0.1) is 0 Å². The second-order valence-corrected chi connectivity index (χ2v) is 13.2. The van der Waals surface area contributed by atoms with E-state index >= 15 is 0 Å². The van der Waals surface area contributed by atoms with Crippen molar-refractivity contribution < 1.29 is 0 Å². The van der Waals surface area contributed by atoms with Crippen LogP contribution in [-0.2, 0) is 0 Å². The highest BCUT2D eigenvalue weighted by molar-refractivity contribution is 6.15. The van der Waals surface area contributed by atoms with Gasteiger partial charge in [0, 0.05) is 35.2 Å². The molecule has 0 saturated heterocycles. The lowest BCUT2D eigenvalue weighted by molar-refractivity contribution is 0.633. The summed E-state index contributed by atoms with van der Waals surface area (Å²) in [6, 6.07) is 42.5. The molecule has 0 aliphatic heterocycles. The topological polar surface area (TPSA) is 49.1 Å². The lowest BCUT2D eigenvalue weighted by Gasteiger charge is -2.25. The molecular weight excluding hydrogens is 619 g/mol. The van der Waals surface area contributed by atoms with Gasteiger partial charge in [0.25, 0.3) is 0 Å². The van der Waals surface area contributed by atoms with Gasteiger partial charge in [0.2, 0.25) is 0 Å². The fraction of sp³-hybridized carbons (Fsp3) is 0.104. The summed E-state index contributed by atoms with van der Waals surface area (Å²) in [5.41, 5.74) is 13.0. The molecule has 2 unspecified atom stereocenters. The molecule has 5 aromatic carbocycles. The summed E-state index contributed by atoms with van der Waals surface area (Å²) in [7, 11) is 0. The van der Waals surface area contributed by atoms with Crippen LogP contribution in [0, 0.1) is 18.3 Å². The summed E-state index contributed by atoms with van der Waals surface area (Å²) in [6.45, 7) is 10.5. The third kappa shape index (κ3) is 7.11. The van der Waals surface area contributed by atoms with Crippen molar-refractivity contribution in [1.82, 2.24) is 4.98 Å². The van der Waals surface area contributed by atoms with E-state index in [1.807, 2.05) is 42.6 Å². The van der Waals surface area contributed by atoms with Crippen molar-refractivity contribution >= 4 is 34.0 Å². The van der Waals surface area contributed by atoms with Gasteiger partial charge in [0.1, 0.15) is 0 Å². The molecule has 3 nitrogen and oxygen atoms in total. The van der Waals surface area contributed by atoms with E-state index in [9.17, 15) is 5.41 Å². The van der Waals surface area contributed by atoms with Gasteiger partial charge in [0.05, 0.1) is 11.4 Å². The van der Waals surface area contributed by atoms with Crippen molar-refractivity contribution in [2.24, 2.45) is 10.9 Å². The molecule has 0 bridgehead atoms. The molecular formula is C48H41N3. The molecule has 1 aliphatic rings. The summed E-state index contributed by atoms with van der Waals surface area (Å²) in [5.74, 6) is 0.451. The van der Waals surface area contributed by atoms with E-state index in [4.69, 9.17) is 4.99 Å². The molecule has 51 heavy (non-hydrogen) atoms. The molecule has 7 rings (SSSR count). The molecule has 0 saturated carbocycles. The van der Waals surface area contributed by atoms with E-state index in [0.717, 1.165) is 38.9 Å². The van der Waals surface area contributed by atoms with E-state index in [0.29, 0.717) is 11.4 Å². The van der Waals surface area contributed by atoms with Crippen molar-refractivity contribution in [3.05, 3.63) is 198 Å². The highest BCUT2D eigenvalue weighted by atomic mass is 14.8. The average molecular weight is 660 g/mol. The van der Waals surface area contributed by atoms with Crippen molar-refractivity contribution in [1.29, 1.82) is 5.41 Å². The van der Waals surface area contributed by atoms with Crippen LogP contribution in [0.3, 0.4) is 0 Å². The Hall–Kier alpha value is -6.19. The van der Waals surface area contributed by atoms with Crippen LogP contribution in [0.4, 0.5) is 0 Å². The van der Waals surface area contributed by atoms with Crippen LogP contribution in [0.5, 0.6) is 0 Å². The highest BCUT2D eigenvalue weighted by Gasteiger charge is 2.22. The zero-order valence-electron chi connectivity index (χ0n) is 29.3. The van der Waals surface area contributed by atoms with E-state index in [1.165, 1.54) is 33.2 Å². The van der Waals surface area contributed by atoms with Crippen LogP contribution < -0.4 is 0 Å². The summed E-state index contributed by atoms with van der Waals surface area (Å²) < 4.78 is 0. The fourth-order valence-electron chi connectivity index (χ4n) is 7.10. The Morgan fingerprint density at radius 2 is 1.47 bits per heavy atom. The standard InChI is InChI=1S/C48H41N3/c1-5-43-33(3)45-21-13-12-19-38(45)29-46(43)47(49)30-48(39-20-14-24-50-31-39)51-34(4)37-22-23-44(32(2)25-37)42-27-40(35-15-8-6-9-16-35)26-41(28-42)36-17-10-7-11-18-36/h5-32,44,49H,1H2,2-4H3/b48-30-,49-47?,51-34?. The second kappa shape index (κ2) is 14.7. The monoisotopic (exact) mass is 659 g/mol. The number of aryl methyl sites for hydroxylation is 1. The summed E-state index contributed by atoms with van der Waals surface area (Å²) in [5, 5.41) is 11.6. The lowest BCUT2D eigenvalue weighted by atomic mass is 9.80. The fourth-order valence-corrected chi connectivity index (χ4v) is 7.10. The van der Waals surface area contributed by atoms with Gasteiger partial charge in [-0.25, -0.2) is 0 Å². The van der Waals surface area contributed by atoms with Gasteiger partial charge in [-0.3, -0.25) is 9.98 Å². The van der Waals surface area contributed by atoms with Crippen LogP contribution in [0.1, 0.15) is 47.6 Å². The van der Waals surface area contributed by atoms with Crippen LogP contribution in [0.2, 0.25) is 0 Å². The number of hydrogen-bond donors (Lipinski definition) is 1. The molecule has 0 radical (unpaired) electrons. The number of benzene rings is 5. The average Bonchev–Trinajstić information content (AvgIpc) is 3.18. The third-order valence-corrected chi connectivity index (χ3v) is 9.84. The van der Waals surface area contributed by atoms with Crippen LogP contribution in [0.15, 0.2) is 175 Å². The number of nitrogens with one attached hydrogen (secondary N) is 1. The van der Waals surface area contributed by atoms with Gasteiger partial charge in [-0.2, -0.15) is 0 Å². The van der Waals surface area contributed by atoms with Gasteiger partial charge in [-0.05, 0) is 105 Å². The summed E-state index contributed by atoms with van der Waals surface area (Å²) in [4.78, 5) is 9.55. The first kappa shape index (κ1) is 33.3. The predicted octanol–water partition coefficient (Wildman–Crippen LogP) is 12.3. The Labute approximate surface area is 301 Å². The summed E-state index contributed by atoms with van der Waals surface area (Å²) >= 11 is 0.